The maximum atomic E-state index is 13.4. The van der Waals surface area contributed by atoms with Gasteiger partial charge in [-0.25, -0.2) is 14.6 Å². The number of anilines is 1. The van der Waals surface area contributed by atoms with Crippen LogP contribution in [0.4, 0.5) is 5.13 Å². The first kappa shape index (κ1) is 36.2. The minimum atomic E-state index is -1.80. The Labute approximate surface area is 292 Å². The number of carboxylic acids is 2. The van der Waals surface area contributed by atoms with Crippen LogP contribution in [-0.2, 0) is 24.0 Å². The van der Waals surface area contributed by atoms with Crippen molar-refractivity contribution in [2.75, 3.05) is 44.2 Å². The predicted molar refractivity (Wildman–Crippen MR) is 178 cm³/mol. The van der Waals surface area contributed by atoms with Crippen LogP contribution in [0.2, 0.25) is 0 Å². The summed E-state index contributed by atoms with van der Waals surface area (Å²) in [6, 6.07) is 1.13. The van der Waals surface area contributed by atoms with E-state index in [0.717, 1.165) is 35.1 Å². The lowest BCUT2D eigenvalue weighted by Gasteiger charge is -2.50. The van der Waals surface area contributed by atoms with Crippen molar-refractivity contribution in [1.29, 1.82) is 0 Å². The van der Waals surface area contributed by atoms with Gasteiger partial charge in [0.05, 0.1) is 31.7 Å². The molecule has 2 atom stereocenters. The number of carbonyl (C=O) groups is 5. The van der Waals surface area contributed by atoms with Crippen LogP contribution in [-0.4, -0.2) is 131 Å². The number of carbonyl (C=O) groups excluding carboxylic acids is 3. The van der Waals surface area contributed by atoms with Crippen LogP contribution in [0.25, 0.3) is 0 Å². The number of oxime groups is 1. The molecule has 3 aliphatic heterocycles. The zero-order valence-corrected chi connectivity index (χ0v) is 28.5. The van der Waals surface area contributed by atoms with Gasteiger partial charge in [0.2, 0.25) is 11.4 Å². The van der Waals surface area contributed by atoms with E-state index < -0.39 is 69.6 Å². The van der Waals surface area contributed by atoms with Gasteiger partial charge in [0.25, 0.3) is 17.7 Å². The van der Waals surface area contributed by atoms with Crippen molar-refractivity contribution >= 4 is 63.6 Å². The van der Waals surface area contributed by atoms with Gasteiger partial charge in [0.1, 0.15) is 29.4 Å². The molecule has 18 nitrogen and oxygen atoms in total. The number of nitrogens with one attached hydrogen (secondary N) is 2. The molecule has 0 bridgehead atoms. The van der Waals surface area contributed by atoms with Crippen LogP contribution in [0.15, 0.2) is 33.9 Å². The van der Waals surface area contributed by atoms with Crippen LogP contribution in [0, 0.1) is 0 Å². The summed E-state index contributed by atoms with van der Waals surface area (Å²) in [5, 5.41) is 58.8. The maximum absolute atomic E-state index is 13.4. The molecule has 268 valence electrons. The number of amides is 3. The number of aromatic nitrogens is 1. The lowest BCUT2D eigenvalue weighted by atomic mass is 10.0. The van der Waals surface area contributed by atoms with Gasteiger partial charge in [0, 0.05) is 29.5 Å². The Morgan fingerprint density at radius 2 is 1.84 bits per heavy atom. The second-order valence-electron chi connectivity index (χ2n) is 12.5. The van der Waals surface area contributed by atoms with Gasteiger partial charge in [0.15, 0.2) is 22.3 Å². The van der Waals surface area contributed by atoms with Crippen molar-refractivity contribution in [3.8, 4) is 17.2 Å². The van der Waals surface area contributed by atoms with E-state index in [2.05, 4.69) is 20.8 Å². The lowest BCUT2D eigenvalue weighted by Crippen LogP contribution is -2.71. The molecule has 20 heteroatoms. The van der Waals surface area contributed by atoms with Gasteiger partial charge in [-0.05, 0) is 26.0 Å². The minimum absolute atomic E-state index is 0.00615. The molecule has 9 N–H and O–H groups in total. The molecule has 1 aromatic heterocycles. The average Bonchev–Trinajstić information content (AvgIpc) is 3.71. The Morgan fingerprint density at radius 3 is 2.46 bits per heavy atom. The van der Waals surface area contributed by atoms with Crippen molar-refractivity contribution in [3.05, 3.63) is 40.0 Å². The number of likely N-dealkylation sites (tertiary alicyclic amines) is 1. The Morgan fingerprint density at radius 1 is 1.14 bits per heavy atom. The molecule has 2 fully saturated rings. The SMILES string of the molecule is CC(C)(O/N=C(\C(=O)N[C@@H]1C(=O)N2C(C(=O)O)=C(C[N+]3(CCNC(=O)c4ccc(O)c(O)c4O)CCCC3)CS[C@H]12)c1csc(N)n1)C(=O)O. The highest BCUT2D eigenvalue weighted by Crippen LogP contribution is 2.42. The lowest BCUT2D eigenvalue weighted by molar-refractivity contribution is -0.911. The van der Waals surface area contributed by atoms with E-state index in [4.69, 9.17) is 10.6 Å². The number of aromatic hydroxyl groups is 3. The number of carboxylic acid groups (broad SMARTS) is 2. The summed E-state index contributed by atoms with van der Waals surface area (Å²) in [5.74, 6) is -6.77. The second-order valence-corrected chi connectivity index (χ2v) is 14.5. The molecule has 4 heterocycles. The van der Waals surface area contributed by atoms with Gasteiger partial charge < -0.3 is 51.2 Å². The summed E-state index contributed by atoms with van der Waals surface area (Å²) >= 11 is 2.28. The third-order valence-corrected chi connectivity index (χ3v) is 10.7. The first-order chi connectivity index (χ1) is 23.5. The molecular formula is C30H36N7O11S2+. The van der Waals surface area contributed by atoms with Gasteiger partial charge in [-0.2, -0.15) is 0 Å². The number of hydrogen-bond acceptors (Lipinski definition) is 14. The van der Waals surface area contributed by atoms with Crippen molar-refractivity contribution < 1.29 is 58.8 Å². The quantitative estimate of drug-likeness (QED) is 0.0449. The number of nitrogens with zero attached hydrogens (tertiary/aromatic N) is 4. The summed E-state index contributed by atoms with van der Waals surface area (Å²) in [6.07, 6.45) is 1.73. The number of rotatable bonds is 13. The van der Waals surface area contributed by atoms with Crippen molar-refractivity contribution in [3.63, 3.8) is 0 Å². The first-order valence-electron chi connectivity index (χ1n) is 15.3. The number of fused-ring (bicyclic) bond motifs is 1. The minimum Gasteiger partial charge on any atom is -0.504 e. The maximum Gasteiger partial charge on any atom is 0.352 e. The topological polar surface area (TPSA) is 274 Å². The summed E-state index contributed by atoms with van der Waals surface area (Å²) in [6.45, 7) is 4.72. The number of aliphatic carboxylic acids is 2. The van der Waals surface area contributed by atoms with Gasteiger partial charge in [-0.1, -0.05) is 5.16 Å². The summed E-state index contributed by atoms with van der Waals surface area (Å²) in [7, 11) is 0. The highest BCUT2D eigenvalue weighted by atomic mass is 32.2. The molecule has 0 aliphatic carbocycles. The van der Waals surface area contributed by atoms with E-state index in [0.29, 0.717) is 36.2 Å². The number of quaternary nitrogens is 1. The molecule has 2 saturated heterocycles. The molecule has 3 aliphatic rings. The number of benzene rings is 1. The molecule has 50 heavy (non-hydrogen) atoms. The fourth-order valence-electron chi connectivity index (χ4n) is 5.94. The number of hydrogen-bond donors (Lipinski definition) is 8. The van der Waals surface area contributed by atoms with Crippen LogP contribution < -0.4 is 16.4 Å². The normalized spacial score (nSPS) is 20.2. The molecule has 0 radical (unpaired) electrons. The predicted octanol–water partition coefficient (Wildman–Crippen LogP) is 0.205. The van der Waals surface area contributed by atoms with E-state index in [1.807, 2.05) is 0 Å². The molecule has 0 spiro atoms. The van der Waals surface area contributed by atoms with E-state index >= 15 is 0 Å². The van der Waals surface area contributed by atoms with Crippen LogP contribution in [0.1, 0.15) is 42.7 Å². The third-order valence-electron chi connectivity index (χ3n) is 8.68. The molecule has 2 aromatic rings. The van der Waals surface area contributed by atoms with E-state index in [1.54, 1.807) is 0 Å². The summed E-state index contributed by atoms with van der Waals surface area (Å²) in [5.41, 5.74) is 3.62. The molecule has 0 unspecified atom stereocenters. The number of thiazole rings is 1. The Bertz CT molecular complexity index is 1800. The zero-order valence-electron chi connectivity index (χ0n) is 26.9. The highest BCUT2D eigenvalue weighted by molar-refractivity contribution is 8.00. The van der Waals surface area contributed by atoms with Crippen LogP contribution in [0.3, 0.4) is 0 Å². The van der Waals surface area contributed by atoms with Crippen molar-refractivity contribution in [2.45, 2.75) is 43.7 Å². The Kier molecular flexibility index (Phi) is 10.2. The second kappa shape index (κ2) is 14.0. The van der Waals surface area contributed by atoms with Gasteiger partial charge in [-0.3, -0.25) is 19.3 Å². The smallest absolute Gasteiger partial charge is 0.352 e. The summed E-state index contributed by atoms with van der Waals surface area (Å²) < 4.78 is 0.440. The molecule has 5 rings (SSSR count). The molecule has 1 aromatic carbocycles. The number of nitrogens with two attached hydrogens (primary N) is 1. The number of β-lactam (4-membered cyclic amide) rings is 1. The monoisotopic (exact) mass is 734 g/mol. The van der Waals surface area contributed by atoms with Crippen molar-refractivity contribution in [1.82, 2.24) is 20.5 Å². The molecular weight excluding hydrogens is 699 g/mol. The van der Waals surface area contributed by atoms with Gasteiger partial charge in [-0.15, -0.1) is 23.1 Å². The fourth-order valence-corrected chi connectivity index (χ4v) is 7.82. The molecule has 0 saturated carbocycles. The van der Waals surface area contributed by atoms with E-state index in [-0.39, 0.29) is 34.4 Å². The first-order valence-corrected chi connectivity index (χ1v) is 17.3. The number of phenols is 3. The third kappa shape index (κ3) is 7.12. The van der Waals surface area contributed by atoms with E-state index in [9.17, 15) is 49.5 Å². The zero-order chi connectivity index (χ0) is 36.5. The standard InChI is InChI=1S/C30H35N7O11S2/c1-30(2,28(46)47)48-35-18(16-13-50-29(31)33-16)24(42)34-19-25(43)36-20(27(44)45)14(12-49-26(19)36)11-37(8-3-4-9-37)10-7-32-23(41)15-5-6-17(38)22(40)21(15)39/h5-6,13,19,26H,3-4,7-12H2,1-2H3,(H8-,31,32,33,34,35,38,39,40,41,42,44,45,46,47)/p+1/t19-,26-/m1/s1. The molecule has 3 amide bonds. The van der Waals surface area contributed by atoms with E-state index in [1.165, 1.54) is 37.1 Å². The fraction of sp³-hybridized carbons (Fsp3) is 0.433. The highest BCUT2D eigenvalue weighted by Gasteiger charge is 2.55. The number of thioether (sulfide) groups is 1. The van der Waals surface area contributed by atoms with Crippen LogP contribution in [0.5, 0.6) is 17.2 Å². The van der Waals surface area contributed by atoms with Gasteiger partial charge >= 0.3 is 11.9 Å². The number of nitrogen functional groups attached to an aromatic ring is 1. The van der Waals surface area contributed by atoms with Crippen LogP contribution >= 0.6 is 23.1 Å². The average molecular weight is 735 g/mol. The number of phenolic OH excluding ortho intramolecular Hbond substituents is 3. The van der Waals surface area contributed by atoms with Crippen molar-refractivity contribution in [2.24, 2.45) is 5.16 Å². The Balaban J connectivity index is 1.29. The largest absolute Gasteiger partial charge is 0.504 e. The summed E-state index contributed by atoms with van der Waals surface area (Å²) in [4.78, 5) is 74.0. The Hall–Kier alpha value is -5.08.